The van der Waals surface area contributed by atoms with Crippen molar-refractivity contribution >= 4 is 5.69 Å². The van der Waals surface area contributed by atoms with Crippen molar-refractivity contribution in [3.63, 3.8) is 0 Å². The summed E-state index contributed by atoms with van der Waals surface area (Å²) in [5.41, 5.74) is 1.29. The fourth-order valence-corrected chi connectivity index (χ4v) is 5.18. The van der Waals surface area contributed by atoms with Crippen LogP contribution in [0.2, 0.25) is 0 Å². The van der Waals surface area contributed by atoms with E-state index in [2.05, 4.69) is 43.0 Å². The van der Waals surface area contributed by atoms with Gasteiger partial charge in [0.25, 0.3) is 0 Å². The van der Waals surface area contributed by atoms with Crippen LogP contribution in [0.1, 0.15) is 155 Å². The molecule has 0 fully saturated rings. The third kappa shape index (κ3) is 17.8. The summed E-state index contributed by atoms with van der Waals surface area (Å²) in [6.45, 7) is 6.92. The minimum Gasteiger partial charge on any atom is -0.495 e. The van der Waals surface area contributed by atoms with Crippen LogP contribution in [-0.2, 0) is 0 Å². The van der Waals surface area contributed by atoms with E-state index in [1.807, 2.05) is 7.11 Å². The summed E-state index contributed by atoms with van der Waals surface area (Å²) in [6, 6.07) is 8.61. The van der Waals surface area contributed by atoms with E-state index in [0.717, 1.165) is 18.8 Å². The van der Waals surface area contributed by atoms with Crippen molar-refractivity contribution in [3.05, 3.63) is 24.3 Å². The zero-order chi connectivity index (χ0) is 25.2. The van der Waals surface area contributed by atoms with Crippen molar-refractivity contribution in [2.24, 2.45) is 0 Å². The van der Waals surface area contributed by atoms with Crippen LogP contribution >= 0.6 is 0 Å². The normalized spacial score (nSPS) is 11.2. The van der Waals surface area contributed by atoms with Crippen molar-refractivity contribution < 1.29 is 4.74 Å². The molecule has 0 saturated heterocycles. The first-order valence-corrected chi connectivity index (χ1v) is 15.7. The van der Waals surface area contributed by atoms with Gasteiger partial charge in [-0.2, -0.15) is 0 Å². The van der Waals surface area contributed by atoms with Crippen LogP contribution < -0.4 is 9.64 Å². The second-order valence-corrected chi connectivity index (χ2v) is 10.7. The molecule has 1 aromatic rings. The number of nitrogens with zero attached hydrogens (tertiary/aromatic N) is 1. The number of ether oxygens (including phenoxy) is 1. The lowest BCUT2D eigenvalue weighted by Crippen LogP contribution is -2.26. The molecule has 2 nitrogen and oxygen atoms in total. The highest BCUT2D eigenvalue weighted by Crippen LogP contribution is 2.28. The molecule has 0 bridgehead atoms. The first kappa shape index (κ1) is 31.8. The highest BCUT2D eigenvalue weighted by atomic mass is 16.5. The summed E-state index contributed by atoms with van der Waals surface area (Å²) < 4.78 is 5.70. The molecule has 0 N–H and O–H groups in total. The van der Waals surface area contributed by atoms with Gasteiger partial charge in [0, 0.05) is 13.1 Å². The fourth-order valence-electron chi connectivity index (χ4n) is 5.18. The number of anilines is 1. The Morgan fingerprint density at radius 2 is 0.829 bits per heavy atom. The van der Waals surface area contributed by atoms with Crippen LogP contribution in [0.25, 0.3) is 0 Å². The smallest absolute Gasteiger partial charge is 0.142 e. The minimum atomic E-state index is 1.03. The second kappa shape index (κ2) is 24.5. The van der Waals surface area contributed by atoms with E-state index in [4.69, 9.17) is 4.74 Å². The van der Waals surface area contributed by atoms with Gasteiger partial charge in [-0.15, -0.1) is 0 Å². The molecule has 35 heavy (non-hydrogen) atoms. The van der Waals surface area contributed by atoms with E-state index in [-0.39, 0.29) is 0 Å². The number of para-hydroxylation sites is 2. The molecule has 0 aliphatic rings. The summed E-state index contributed by atoms with van der Waals surface area (Å²) in [5.74, 6) is 1.03. The summed E-state index contributed by atoms with van der Waals surface area (Å²) in [4.78, 5) is 2.60. The van der Waals surface area contributed by atoms with Gasteiger partial charge in [0.15, 0.2) is 0 Å². The first-order chi connectivity index (χ1) is 17.3. The standard InChI is InChI=1S/C33H61NO/c1-4-6-8-10-12-14-16-18-20-22-26-30-34(32-28-24-25-29-33(32)35-3)31-27-23-21-19-17-15-13-11-9-7-5-2/h24-25,28-29H,4-23,26-27,30-31H2,1-3H3. The zero-order valence-corrected chi connectivity index (χ0v) is 24.1. The monoisotopic (exact) mass is 487 g/mol. The maximum atomic E-state index is 5.70. The summed E-state index contributed by atoms with van der Waals surface area (Å²) in [7, 11) is 1.81. The highest BCUT2D eigenvalue weighted by molar-refractivity contribution is 5.58. The lowest BCUT2D eigenvalue weighted by molar-refractivity contribution is 0.413. The van der Waals surface area contributed by atoms with Gasteiger partial charge >= 0.3 is 0 Å². The Labute approximate surface area is 220 Å². The molecule has 2 heteroatoms. The number of unbranched alkanes of at least 4 members (excludes halogenated alkanes) is 20. The van der Waals surface area contributed by atoms with Crippen molar-refractivity contribution in [1.82, 2.24) is 0 Å². The molecule has 1 rings (SSSR count). The first-order valence-electron chi connectivity index (χ1n) is 15.7. The molecule has 0 heterocycles. The van der Waals surface area contributed by atoms with Crippen LogP contribution in [-0.4, -0.2) is 20.2 Å². The maximum Gasteiger partial charge on any atom is 0.142 e. The van der Waals surface area contributed by atoms with Gasteiger partial charge in [0.05, 0.1) is 12.8 Å². The zero-order valence-electron chi connectivity index (χ0n) is 24.1. The Balaban J connectivity index is 2.21. The van der Waals surface area contributed by atoms with Gasteiger partial charge in [0.2, 0.25) is 0 Å². The third-order valence-corrected chi connectivity index (χ3v) is 7.49. The topological polar surface area (TPSA) is 12.5 Å². The van der Waals surface area contributed by atoms with Crippen molar-refractivity contribution in [2.45, 2.75) is 155 Å². The van der Waals surface area contributed by atoms with E-state index >= 15 is 0 Å². The van der Waals surface area contributed by atoms with Crippen LogP contribution in [0.3, 0.4) is 0 Å². The van der Waals surface area contributed by atoms with Crippen LogP contribution in [0.4, 0.5) is 5.69 Å². The molecule has 0 atom stereocenters. The third-order valence-electron chi connectivity index (χ3n) is 7.49. The molecule has 0 amide bonds. The Morgan fingerprint density at radius 3 is 1.20 bits per heavy atom. The van der Waals surface area contributed by atoms with Gasteiger partial charge in [-0.25, -0.2) is 0 Å². The van der Waals surface area contributed by atoms with Gasteiger partial charge in [-0.1, -0.05) is 154 Å². The van der Waals surface area contributed by atoms with Crippen LogP contribution in [0, 0.1) is 0 Å². The Hall–Kier alpha value is -1.18. The van der Waals surface area contributed by atoms with Gasteiger partial charge in [0.1, 0.15) is 5.75 Å². The summed E-state index contributed by atoms with van der Waals surface area (Å²) in [6.07, 6.45) is 30.9. The highest BCUT2D eigenvalue weighted by Gasteiger charge is 2.11. The lowest BCUT2D eigenvalue weighted by Gasteiger charge is -2.26. The number of methoxy groups -OCH3 is 1. The lowest BCUT2D eigenvalue weighted by atomic mass is 10.1. The molecule has 0 saturated carbocycles. The molecular formula is C33H61NO. The quantitative estimate of drug-likeness (QED) is 0.120. The maximum absolute atomic E-state index is 5.70. The van der Waals surface area contributed by atoms with E-state index in [1.165, 1.54) is 147 Å². The Morgan fingerprint density at radius 1 is 0.486 bits per heavy atom. The number of rotatable bonds is 26. The van der Waals surface area contributed by atoms with Crippen molar-refractivity contribution in [2.75, 3.05) is 25.1 Å². The van der Waals surface area contributed by atoms with Gasteiger partial charge < -0.3 is 9.64 Å². The van der Waals surface area contributed by atoms with Gasteiger partial charge in [-0.05, 0) is 25.0 Å². The summed E-state index contributed by atoms with van der Waals surface area (Å²) >= 11 is 0. The van der Waals surface area contributed by atoms with E-state index in [1.54, 1.807) is 0 Å². The Bertz CT molecular complexity index is 532. The van der Waals surface area contributed by atoms with Crippen LogP contribution in [0.15, 0.2) is 24.3 Å². The molecule has 204 valence electrons. The van der Waals surface area contributed by atoms with E-state index in [9.17, 15) is 0 Å². The molecule has 0 spiro atoms. The molecule has 0 aliphatic heterocycles. The average Bonchev–Trinajstić information content (AvgIpc) is 2.89. The molecule has 0 unspecified atom stereocenters. The second-order valence-electron chi connectivity index (χ2n) is 10.7. The van der Waals surface area contributed by atoms with Crippen molar-refractivity contribution in [3.8, 4) is 5.75 Å². The molecule has 0 aromatic heterocycles. The van der Waals surface area contributed by atoms with Gasteiger partial charge in [-0.3, -0.25) is 0 Å². The summed E-state index contributed by atoms with van der Waals surface area (Å²) in [5, 5.41) is 0. The predicted octanol–water partition coefficient (Wildman–Crippen LogP) is 11.1. The van der Waals surface area contributed by atoms with Crippen LogP contribution in [0.5, 0.6) is 5.75 Å². The molecule has 0 aliphatic carbocycles. The molecular weight excluding hydrogens is 426 g/mol. The Kier molecular flexibility index (Phi) is 22.3. The van der Waals surface area contributed by atoms with E-state index in [0.29, 0.717) is 0 Å². The number of hydrogen-bond acceptors (Lipinski definition) is 2. The molecule has 0 radical (unpaired) electrons. The predicted molar refractivity (Wildman–Crippen MR) is 158 cm³/mol. The minimum absolute atomic E-state index is 1.03. The number of hydrogen-bond donors (Lipinski definition) is 0. The van der Waals surface area contributed by atoms with E-state index < -0.39 is 0 Å². The fraction of sp³-hybridized carbons (Fsp3) is 0.818. The van der Waals surface area contributed by atoms with Crippen molar-refractivity contribution in [1.29, 1.82) is 0 Å². The average molecular weight is 488 g/mol. The largest absolute Gasteiger partial charge is 0.495 e. The number of benzene rings is 1. The molecule has 1 aromatic carbocycles. The SMILES string of the molecule is CCCCCCCCCCCCCN(CCCCCCCCCCCCC)c1ccccc1OC.